The predicted molar refractivity (Wildman–Crippen MR) is 80.3 cm³/mol. The van der Waals surface area contributed by atoms with E-state index in [4.69, 9.17) is 7.62 Å². The quantitative estimate of drug-likeness (QED) is 0.814. The van der Waals surface area contributed by atoms with Gasteiger partial charge in [0.2, 0.25) is 0 Å². The fourth-order valence-corrected chi connectivity index (χ4v) is 4.62. The van der Waals surface area contributed by atoms with Gasteiger partial charge in [0.15, 0.2) is 0 Å². The Morgan fingerprint density at radius 2 is 1.58 bits per heavy atom. The Labute approximate surface area is 123 Å². The van der Waals surface area contributed by atoms with E-state index in [2.05, 4.69) is 0 Å². The van der Waals surface area contributed by atoms with Crippen molar-refractivity contribution in [1.29, 1.82) is 0 Å². The van der Waals surface area contributed by atoms with Gasteiger partial charge in [0.25, 0.3) is 0 Å². The van der Waals surface area contributed by atoms with Crippen molar-refractivity contribution < 1.29 is 16.0 Å². The molecule has 101 valence electrons. The molecular formula is C13H12IO4S. The maximum Gasteiger partial charge on any atom is 0.305 e. The zero-order chi connectivity index (χ0) is 13.9. The minimum Gasteiger partial charge on any atom is -0.508 e. The van der Waals surface area contributed by atoms with Crippen LogP contribution in [0.25, 0.3) is 0 Å². The highest BCUT2D eigenvalue weighted by molar-refractivity contribution is 14.2. The SMILES string of the molecule is Cc1ccc(S(=O)(=O)O[I]c2ccc(O)cc2)cc1. The third kappa shape index (κ3) is 3.92. The number of hydrogen-bond donors (Lipinski definition) is 1. The van der Waals surface area contributed by atoms with Crippen molar-refractivity contribution in [2.75, 3.05) is 0 Å². The van der Waals surface area contributed by atoms with E-state index in [9.17, 15) is 8.42 Å². The van der Waals surface area contributed by atoms with Gasteiger partial charge in [-0.05, 0) is 43.3 Å². The Bertz CT molecular complexity index is 648. The summed E-state index contributed by atoms with van der Waals surface area (Å²) in [7, 11) is -3.70. The monoisotopic (exact) mass is 391 g/mol. The summed E-state index contributed by atoms with van der Waals surface area (Å²) in [4.78, 5) is 0.163. The molecule has 19 heavy (non-hydrogen) atoms. The van der Waals surface area contributed by atoms with Crippen molar-refractivity contribution in [1.82, 2.24) is 0 Å². The number of aryl methyl sites for hydroxylation is 1. The first-order chi connectivity index (χ1) is 8.97. The van der Waals surface area contributed by atoms with E-state index in [-0.39, 0.29) is 10.6 Å². The van der Waals surface area contributed by atoms with Crippen LogP contribution in [0.5, 0.6) is 5.75 Å². The average Bonchev–Trinajstić information content (AvgIpc) is 2.39. The highest BCUT2D eigenvalue weighted by atomic mass is 127. The zero-order valence-electron chi connectivity index (χ0n) is 10.1. The van der Waals surface area contributed by atoms with E-state index < -0.39 is 31.7 Å². The lowest BCUT2D eigenvalue weighted by molar-refractivity contribution is 0.475. The molecule has 1 N–H and O–H groups in total. The summed E-state index contributed by atoms with van der Waals surface area (Å²) < 4.78 is 29.7. The second-order valence-corrected chi connectivity index (χ2v) is 8.15. The zero-order valence-corrected chi connectivity index (χ0v) is 13.1. The average molecular weight is 391 g/mol. The molecule has 6 heteroatoms. The second-order valence-electron chi connectivity index (χ2n) is 3.88. The third-order valence-electron chi connectivity index (χ3n) is 2.34. The van der Waals surface area contributed by atoms with E-state index in [0.29, 0.717) is 0 Å². The van der Waals surface area contributed by atoms with Crippen LogP contribution in [-0.2, 0) is 12.6 Å². The summed E-state index contributed by atoms with van der Waals surface area (Å²) in [5.74, 6) is 0.147. The first-order valence-corrected chi connectivity index (χ1v) is 8.78. The van der Waals surface area contributed by atoms with Crippen molar-refractivity contribution in [2.24, 2.45) is 0 Å². The smallest absolute Gasteiger partial charge is 0.305 e. The lowest BCUT2D eigenvalue weighted by Crippen LogP contribution is -2.00. The molecule has 0 unspecified atom stereocenters. The Hall–Kier alpha value is -1.12. The molecule has 2 aromatic rings. The van der Waals surface area contributed by atoms with Crippen LogP contribution in [0.15, 0.2) is 53.4 Å². The van der Waals surface area contributed by atoms with Crippen molar-refractivity contribution in [3.8, 4) is 5.75 Å². The topological polar surface area (TPSA) is 63.6 Å². The molecule has 2 aromatic carbocycles. The molecule has 0 amide bonds. The third-order valence-corrected chi connectivity index (χ3v) is 6.61. The maximum absolute atomic E-state index is 11.9. The van der Waals surface area contributed by atoms with Crippen LogP contribution in [-0.4, -0.2) is 13.5 Å². The van der Waals surface area contributed by atoms with Crippen LogP contribution >= 0.6 is 21.6 Å². The van der Waals surface area contributed by atoms with Crippen LogP contribution in [0.1, 0.15) is 5.56 Å². The normalized spacial score (nSPS) is 11.4. The van der Waals surface area contributed by atoms with Crippen LogP contribution < -0.4 is 0 Å². The van der Waals surface area contributed by atoms with Gasteiger partial charge in [-0.1, -0.05) is 17.7 Å². The number of rotatable bonds is 4. The Kier molecular flexibility index (Phi) is 4.43. The highest BCUT2D eigenvalue weighted by Gasteiger charge is 2.15. The molecule has 4 nitrogen and oxygen atoms in total. The van der Waals surface area contributed by atoms with Crippen molar-refractivity contribution in [3.05, 3.63) is 57.7 Å². The Balaban J connectivity index is 2.09. The van der Waals surface area contributed by atoms with Crippen LogP contribution in [0.4, 0.5) is 0 Å². The summed E-state index contributed by atoms with van der Waals surface area (Å²) in [5, 5.41) is 9.14. The van der Waals surface area contributed by atoms with Gasteiger partial charge in [0.1, 0.15) is 5.75 Å². The molecule has 0 aliphatic carbocycles. The van der Waals surface area contributed by atoms with E-state index in [1.54, 1.807) is 24.3 Å². The van der Waals surface area contributed by atoms with Crippen LogP contribution in [0.2, 0.25) is 0 Å². The molecule has 0 saturated carbocycles. The van der Waals surface area contributed by atoms with E-state index in [0.717, 1.165) is 9.13 Å². The predicted octanol–water partition coefficient (Wildman–Crippen LogP) is 3.16. The largest absolute Gasteiger partial charge is 0.508 e. The maximum atomic E-state index is 11.9. The first-order valence-electron chi connectivity index (χ1n) is 5.41. The summed E-state index contributed by atoms with van der Waals surface area (Å²) in [6, 6.07) is 12.9. The molecule has 0 aliphatic heterocycles. The van der Waals surface area contributed by atoms with Crippen LogP contribution in [0, 0.1) is 10.5 Å². The molecule has 0 fully saturated rings. The highest BCUT2D eigenvalue weighted by Crippen LogP contribution is 2.29. The number of benzene rings is 2. The van der Waals surface area contributed by atoms with Gasteiger partial charge in [-0.25, -0.2) is 2.51 Å². The lowest BCUT2D eigenvalue weighted by Gasteiger charge is -2.04. The van der Waals surface area contributed by atoms with E-state index >= 15 is 0 Å². The molecule has 0 spiro atoms. The summed E-state index contributed by atoms with van der Waals surface area (Å²) in [6.07, 6.45) is 0. The molecule has 0 bridgehead atoms. The summed E-state index contributed by atoms with van der Waals surface area (Å²) in [6.45, 7) is 1.89. The van der Waals surface area contributed by atoms with Gasteiger partial charge < -0.3 is 5.11 Å². The number of phenolic OH excluding ortho intramolecular Hbond substituents is 1. The molecular weight excluding hydrogens is 379 g/mol. The minimum atomic E-state index is -3.70. The van der Waals surface area contributed by atoms with Crippen molar-refractivity contribution >= 4 is 31.7 Å². The Morgan fingerprint density at radius 3 is 2.16 bits per heavy atom. The van der Waals surface area contributed by atoms with E-state index in [1.807, 2.05) is 6.92 Å². The first kappa shape index (κ1) is 14.3. The van der Waals surface area contributed by atoms with Gasteiger partial charge >= 0.3 is 10.1 Å². The molecule has 1 radical (unpaired) electrons. The molecule has 0 aliphatic rings. The standard InChI is InChI=1S/C13H12IO4S/c1-10-2-8-13(9-3-10)19(16,17)18-14-11-4-6-12(15)7-5-11/h2-9,15H,1H3. The van der Waals surface area contributed by atoms with E-state index in [1.165, 1.54) is 24.3 Å². The molecule has 0 heterocycles. The minimum absolute atomic E-state index is 0.147. The fraction of sp³-hybridized carbons (Fsp3) is 0.0769. The Morgan fingerprint density at radius 1 is 1.00 bits per heavy atom. The molecule has 2 rings (SSSR count). The van der Waals surface area contributed by atoms with Crippen LogP contribution in [0.3, 0.4) is 0 Å². The lowest BCUT2D eigenvalue weighted by atomic mass is 10.2. The van der Waals surface area contributed by atoms with Gasteiger partial charge in [-0.2, -0.15) is 8.42 Å². The van der Waals surface area contributed by atoms with Gasteiger partial charge in [-0.15, -0.1) is 0 Å². The molecule has 0 saturated heterocycles. The van der Waals surface area contributed by atoms with Gasteiger partial charge in [0.05, 0.1) is 26.5 Å². The van der Waals surface area contributed by atoms with Crippen molar-refractivity contribution in [2.45, 2.75) is 11.8 Å². The number of aromatic hydroxyl groups is 1. The van der Waals surface area contributed by atoms with Crippen molar-refractivity contribution in [3.63, 3.8) is 0 Å². The second kappa shape index (κ2) is 5.89. The number of hydrogen-bond acceptors (Lipinski definition) is 4. The van der Waals surface area contributed by atoms with Gasteiger partial charge in [0, 0.05) is 3.57 Å². The number of halogens is 1. The summed E-state index contributed by atoms with van der Waals surface area (Å²) >= 11 is -1.11. The number of phenols is 1. The summed E-state index contributed by atoms with van der Waals surface area (Å²) in [5.41, 5.74) is 0.993. The fourth-order valence-electron chi connectivity index (χ4n) is 1.31. The molecule has 0 aromatic heterocycles. The van der Waals surface area contributed by atoms with Gasteiger partial charge in [-0.3, -0.25) is 0 Å². The molecule has 0 atom stereocenters.